The predicted octanol–water partition coefficient (Wildman–Crippen LogP) is 5.84. The lowest BCUT2D eigenvalue weighted by Crippen LogP contribution is -2.01. The molecule has 0 aliphatic heterocycles. The molecule has 0 aliphatic rings. The van der Waals surface area contributed by atoms with E-state index in [9.17, 15) is 0 Å². The van der Waals surface area contributed by atoms with Crippen LogP contribution >= 0.6 is 23.2 Å². The summed E-state index contributed by atoms with van der Waals surface area (Å²) in [5, 5.41) is 9.64. The normalized spacial score (nSPS) is 11.9. The van der Waals surface area contributed by atoms with Crippen molar-refractivity contribution in [3.63, 3.8) is 0 Å². The number of benzene rings is 2. The highest BCUT2D eigenvalue weighted by atomic mass is 35.5. The van der Waals surface area contributed by atoms with Crippen molar-refractivity contribution in [2.75, 3.05) is 5.43 Å². The lowest BCUT2D eigenvalue weighted by molar-refractivity contribution is 0.770. The minimum absolute atomic E-state index is 0.504. The molecule has 2 aromatic heterocycles. The first-order valence-corrected chi connectivity index (χ1v) is 9.34. The summed E-state index contributed by atoms with van der Waals surface area (Å²) in [5.74, 6) is 1.10. The number of nitrogens with one attached hydrogen (secondary N) is 1. The van der Waals surface area contributed by atoms with Gasteiger partial charge in [-0.1, -0.05) is 33.5 Å². The summed E-state index contributed by atoms with van der Waals surface area (Å²) in [6, 6.07) is 11.2. The second-order valence-corrected chi connectivity index (χ2v) is 6.79. The number of hydrogen-bond acceptors (Lipinski definition) is 4. The average molecular weight is 402 g/mol. The van der Waals surface area contributed by atoms with Gasteiger partial charge in [0.2, 0.25) is 5.95 Å². The Balaban J connectivity index is 1.66. The summed E-state index contributed by atoms with van der Waals surface area (Å²) in [5.41, 5.74) is 6.45. The van der Waals surface area contributed by atoms with Crippen molar-refractivity contribution in [1.29, 1.82) is 0 Å². The van der Waals surface area contributed by atoms with Crippen LogP contribution in [0.25, 0.3) is 22.1 Å². The van der Waals surface area contributed by atoms with E-state index >= 15 is 0 Å². The van der Waals surface area contributed by atoms with E-state index in [-0.39, 0.29) is 0 Å². The molecule has 2 heterocycles. The maximum Gasteiger partial charge on any atom is 0.252 e. The molecule has 0 unspecified atom stereocenters. The van der Waals surface area contributed by atoms with E-state index in [1.807, 2.05) is 59.4 Å². The largest absolute Gasteiger partial charge is 0.309 e. The van der Waals surface area contributed by atoms with Crippen LogP contribution in [0.5, 0.6) is 0 Å². The average Bonchev–Trinajstić information content (AvgIpc) is 3.17. The van der Waals surface area contributed by atoms with Gasteiger partial charge in [0, 0.05) is 23.1 Å². The quantitative estimate of drug-likeness (QED) is 0.337. The first kappa shape index (κ1) is 17.8. The highest BCUT2D eigenvalue weighted by molar-refractivity contribution is 6.31. The molecule has 2 aromatic carbocycles. The molecule has 0 radical (unpaired) electrons. The molecule has 138 valence electrons. The SMILES string of the molecule is CCn1c(N=NNc2nc3cc(Cl)ccc3n2CC)nc2cc(Cl)ccc21. The molecule has 0 atom stereocenters. The van der Waals surface area contributed by atoms with Gasteiger partial charge in [0.15, 0.2) is 0 Å². The van der Waals surface area contributed by atoms with E-state index in [0.717, 1.165) is 35.2 Å². The zero-order chi connectivity index (χ0) is 19.0. The Morgan fingerprint density at radius 3 is 2.11 bits per heavy atom. The van der Waals surface area contributed by atoms with Gasteiger partial charge in [-0.15, -0.1) is 0 Å². The second-order valence-electron chi connectivity index (χ2n) is 5.91. The molecule has 0 fully saturated rings. The Morgan fingerprint density at radius 1 is 0.889 bits per heavy atom. The van der Waals surface area contributed by atoms with Gasteiger partial charge in [-0.25, -0.2) is 15.4 Å². The molecule has 0 spiro atoms. The van der Waals surface area contributed by atoms with Crippen LogP contribution in [0.3, 0.4) is 0 Å². The minimum Gasteiger partial charge on any atom is -0.309 e. The molecular formula is C18H17Cl2N7. The zero-order valence-electron chi connectivity index (χ0n) is 14.8. The predicted molar refractivity (Wildman–Crippen MR) is 109 cm³/mol. The van der Waals surface area contributed by atoms with Crippen molar-refractivity contribution < 1.29 is 0 Å². The third kappa shape index (κ3) is 3.24. The first-order valence-electron chi connectivity index (χ1n) is 8.59. The standard InChI is InChI=1S/C18H17Cl2N7/c1-3-26-15-7-5-11(19)9-13(15)21-17(26)23-25-24-18-22-14-10-12(20)6-8-16(14)27(18)4-2/h5-10H,3-4H2,1-2H3,(H,21,22,23,24). The van der Waals surface area contributed by atoms with Gasteiger partial charge in [-0.3, -0.25) is 0 Å². The number of hydrogen-bond donors (Lipinski definition) is 1. The fourth-order valence-electron chi connectivity index (χ4n) is 3.10. The smallest absolute Gasteiger partial charge is 0.252 e. The molecule has 0 saturated heterocycles. The maximum atomic E-state index is 6.06. The fraction of sp³-hybridized carbons (Fsp3) is 0.222. The Bertz CT molecular complexity index is 1160. The molecule has 1 N–H and O–H groups in total. The highest BCUT2D eigenvalue weighted by Gasteiger charge is 2.11. The van der Waals surface area contributed by atoms with Crippen molar-refractivity contribution in [3.05, 3.63) is 46.4 Å². The maximum absolute atomic E-state index is 6.06. The molecule has 0 saturated carbocycles. The number of rotatable bonds is 5. The number of anilines is 1. The van der Waals surface area contributed by atoms with Gasteiger partial charge in [-0.05, 0) is 50.2 Å². The Morgan fingerprint density at radius 2 is 1.48 bits per heavy atom. The molecule has 0 bridgehead atoms. The van der Waals surface area contributed by atoms with Crippen LogP contribution in [0.15, 0.2) is 46.7 Å². The van der Waals surface area contributed by atoms with Crippen LogP contribution in [0.2, 0.25) is 10.0 Å². The van der Waals surface area contributed by atoms with Gasteiger partial charge < -0.3 is 9.13 Å². The first-order chi connectivity index (χ1) is 13.1. The lowest BCUT2D eigenvalue weighted by Gasteiger charge is -2.04. The molecule has 9 heteroatoms. The number of halogens is 2. The highest BCUT2D eigenvalue weighted by Crippen LogP contribution is 2.26. The van der Waals surface area contributed by atoms with E-state index in [1.54, 1.807) is 0 Å². The van der Waals surface area contributed by atoms with Crippen LogP contribution in [0, 0.1) is 0 Å². The summed E-state index contributed by atoms with van der Waals surface area (Å²) < 4.78 is 3.98. The summed E-state index contributed by atoms with van der Waals surface area (Å²) in [6.07, 6.45) is 0. The van der Waals surface area contributed by atoms with Crippen molar-refractivity contribution in [2.24, 2.45) is 10.3 Å². The van der Waals surface area contributed by atoms with E-state index in [2.05, 4.69) is 25.7 Å². The monoisotopic (exact) mass is 401 g/mol. The Labute approximate surface area is 165 Å². The van der Waals surface area contributed by atoms with E-state index < -0.39 is 0 Å². The number of aromatic nitrogens is 4. The third-order valence-electron chi connectivity index (χ3n) is 4.32. The van der Waals surface area contributed by atoms with Crippen LogP contribution in [0.4, 0.5) is 11.9 Å². The van der Waals surface area contributed by atoms with Gasteiger partial charge in [-0.2, -0.15) is 0 Å². The lowest BCUT2D eigenvalue weighted by atomic mass is 10.3. The van der Waals surface area contributed by atoms with Crippen molar-refractivity contribution in [3.8, 4) is 0 Å². The number of fused-ring (bicyclic) bond motifs is 2. The second kappa shape index (κ2) is 7.17. The fourth-order valence-corrected chi connectivity index (χ4v) is 3.43. The van der Waals surface area contributed by atoms with Crippen LogP contribution < -0.4 is 5.43 Å². The van der Waals surface area contributed by atoms with Gasteiger partial charge in [0.1, 0.15) is 0 Å². The summed E-state index contributed by atoms with van der Waals surface area (Å²) in [6.45, 7) is 5.53. The van der Waals surface area contributed by atoms with Gasteiger partial charge >= 0.3 is 0 Å². The Kier molecular flexibility index (Phi) is 4.72. The molecule has 0 amide bonds. The number of aryl methyl sites for hydroxylation is 2. The van der Waals surface area contributed by atoms with Crippen LogP contribution in [-0.4, -0.2) is 19.1 Å². The topological polar surface area (TPSA) is 72.4 Å². The Hall–Kier alpha value is -2.64. The molecule has 7 nitrogen and oxygen atoms in total. The van der Waals surface area contributed by atoms with Crippen molar-refractivity contribution >= 4 is 57.2 Å². The van der Waals surface area contributed by atoms with Crippen molar-refractivity contribution in [1.82, 2.24) is 19.1 Å². The number of imidazole rings is 2. The summed E-state index contributed by atoms with van der Waals surface area (Å²) >= 11 is 12.1. The van der Waals surface area contributed by atoms with E-state index in [4.69, 9.17) is 23.2 Å². The van der Waals surface area contributed by atoms with Crippen LogP contribution in [-0.2, 0) is 13.1 Å². The summed E-state index contributed by atoms with van der Waals surface area (Å²) in [4.78, 5) is 9.05. The van der Waals surface area contributed by atoms with Gasteiger partial charge in [0.25, 0.3) is 5.95 Å². The van der Waals surface area contributed by atoms with Crippen molar-refractivity contribution in [2.45, 2.75) is 26.9 Å². The van der Waals surface area contributed by atoms with Gasteiger partial charge in [0.05, 0.1) is 22.1 Å². The zero-order valence-corrected chi connectivity index (χ0v) is 16.3. The number of nitrogens with zero attached hydrogens (tertiary/aromatic N) is 6. The van der Waals surface area contributed by atoms with E-state index in [0.29, 0.717) is 21.9 Å². The van der Waals surface area contributed by atoms with Crippen LogP contribution in [0.1, 0.15) is 13.8 Å². The van der Waals surface area contributed by atoms with E-state index in [1.165, 1.54) is 0 Å². The molecular weight excluding hydrogens is 385 g/mol. The molecule has 27 heavy (non-hydrogen) atoms. The molecule has 4 aromatic rings. The molecule has 0 aliphatic carbocycles. The minimum atomic E-state index is 0.504. The third-order valence-corrected chi connectivity index (χ3v) is 4.79. The summed E-state index contributed by atoms with van der Waals surface area (Å²) in [7, 11) is 0. The molecule has 4 rings (SSSR count).